The molecule has 0 bridgehead atoms. The number of para-hydroxylation sites is 2. The highest BCUT2D eigenvalue weighted by Gasteiger charge is 2.16. The topological polar surface area (TPSA) is 46.3 Å². The van der Waals surface area contributed by atoms with Crippen LogP contribution in [0.15, 0.2) is 53.0 Å². The first-order valence-electron chi connectivity index (χ1n) is 6.51. The maximum Gasteiger partial charge on any atom is 0.231 e. The van der Waals surface area contributed by atoms with E-state index in [2.05, 4.69) is 15.9 Å². The third-order valence-electron chi connectivity index (χ3n) is 3.09. The molecule has 0 aliphatic carbocycles. The monoisotopic (exact) mass is 332 g/mol. The molecule has 4 heteroatoms. The quantitative estimate of drug-likeness (QED) is 0.869. The van der Waals surface area contributed by atoms with Crippen molar-refractivity contribution >= 4 is 33.2 Å². The molecule has 0 saturated carbocycles. The van der Waals surface area contributed by atoms with Crippen molar-refractivity contribution in [1.82, 2.24) is 0 Å². The predicted octanol–water partition coefficient (Wildman–Crippen LogP) is 3.63. The average Bonchev–Trinajstić information content (AvgIpc) is 2.41. The van der Waals surface area contributed by atoms with Gasteiger partial charge in [-0.25, -0.2) is 0 Å². The van der Waals surface area contributed by atoms with Crippen molar-refractivity contribution in [3.8, 4) is 0 Å². The van der Waals surface area contributed by atoms with Gasteiger partial charge in [-0.3, -0.25) is 4.79 Å². The lowest BCUT2D eigenvalue weighted by atomic mass is 10.1. The molecule has 1 amide bonds. The van der Waals surface area contributed by atoms with E-state index in [1.54, 1.807) is 4.90 Å². The normalized spacial score (nSPS) is 10.3. The van der Waals surface area contributed by atoms with Crippen molar-refractivity contribution in [2.75, 3.05) is 17.2 Å². The van der Waals surface area contributed by atoms with E-state index in [4.69, 9.17) is 5.73 Å². The molecule has 0 spiro atoms. The summed E-state index contributed by atoms with van der Waals surface area (Å²) in [6, 6.07) is 15.2. The molecule has 0 fully saturated rings. The maximum absolute atomic E-state index is 12.5. The van der Waals surface area contributed by atoms with Crippen LogP contribution in [0.1, 0.15) is 12.5 Å². The molecule has 20 heavy (non-hydrogen) atoms. The van der Waals surface area contributed by atoms with Crippen molar-refractivity contribution in [3.05, 3.63) is 58.6 Å². The summed E-state index contributed by atoms with van der Waals surface area (Å²) in [6.45, 7) is 2.55. The Morgan fingerprint density at radius 2 is 1.95 bits per heavy atom. The van der Waals surface area contributed by atoms with E-state index < -0.39 is 0 Å². The summed E-state index contributed by atoms with van der Waals surface area (Å²) >= 11 is 3.42. The number of benzene rings is 2. The van der Waals surface area contributed by atoms with Gasteiger partial charge < -0.3 is 10.6 Å². The first kappa shape index (κ1) is 14.6. The van der Waals surface area contributed by atoms with Crippen molar-refractivity contribution in [1.29, 1.82) is 0 Å². The van der Waals surface area contributed by atoms with Gasteiger partial charge in [-0.15, -0.1) is 0 Å². The Morgan fingerprint density at radius 1 is 1.20 bits per heavy atom. The molecule has 0 saturated heterocycles. The fraction of sp³-hybridized carbons (Fsp3) is 0.188. The van der Waals surface area contributed by atoms with Crippen LogP contribution in [0.5, 0.6) is 0 Å². The molecule has 104 valence electrons. The van der Waals surface area contributed by atoms with Crippen LogP contribution in [0.25, 0.3) is 0 Å². The number of nitrogens with two attached hydrogens (primary N) is 1. The Kier molecular flexibility index (Phi) is 4.79. The molecule has 0 unspecified atom stereocenters. The summed E-state index contributed by atoms with van der Waals surface area (Å²) in [5, 5.41) is 0. The number of rotatable bonds is 4. The number of anilines is 2. The molecule has 0 aliphatic rings. The summed E-state index contributed by atoms with van der Waals surface area (Å²) in [4.78, 5) is 14.2. The summed E-state index contributed by atoms with van der Waals surface area (Å²) < 4.78 is 0.977. The van der Waals surface area contributed by atoms with E-state index >= 15 is 0 Å². The van der Waals surface area contributed by atoms with Gasteiger partial charge in [0, 0.05) is 11.0 Å². The summed E-state index contributed by atoms with van der Waals surface area (Å²) in [5.74, 6) is 0.0449. The first-order chi connectivity index (χ1) is 9.61. The zero-order valence-corrected chi connectivity index (χ0v) is 12.9. The van der Waals surface area contributed by atoms with E-state index in [1.165, 1.54) is 0 Å². The molecular weight excluding hydrogens is 316 g/mol. The second kappa shape index (κ2) is 6.57. The van der Waals surface area contributed by atoms with Gasteiger partial charge in [-0.2, -0.15) is 0 Å². The Bertz CT molecular complexity index is 613. The van der Waals surface area contributed by atoms with E-state index in [0.717, 1.165) is 15.7 Å². The SMILES string of the molecule is CCN(C(=O)Cc1cccc(Br)c1)c1ccccc1N. The molecule has 0 aliphatic heterocycles. The molecule has 0 heterocycles. The number of hydrogen-bond donors (Lipinski definition) is 1. The van der Waals surface area contributed by atoms with Crippen LogP contribution in [-0.4, -0.2) is 12.5 Å². The molecule has 0 aromatic heterocycles. The molecule has 2 aromatic carbocycles. The van der Waals surface area contributed by atoms with Crippen molar-refractivity contribution in [3.63, 3.8) is 0 Å². The van der Waals surface area contributed by atoms with Gasteiger partial charge in [0.15, 0.2) is 0 Å². The minimum Gasteiger partial charge on any atom is -0.397 e. The number of hydrogen-bond acceptors (Lipinski definition) is 2. The fourth-order valence-corrected chi connectivity index (χ4v) is 2.58. The van der Waals surface area contributed by atoms with Crippen molar-refractivity contribution in [2.24, 2.45) is 0 Å². The van der Waals surface area contributed by atoms with Crippen LogP contribution in [0, 0.1) is 0 Å². The number of carbonyl (C=O) groups is 1. The van der Waals surface area contributed by atoms with Crippen molar-refractivity contribution < 1.29 is 4.79 Å². The summed E-state index contributed by atoms with van der Waals surface area (Å²) in [7, 11) is 0. The van der Waals surface area contributed by atoms with Crippen LogP contribution in [-0.2, 0) is 11.2 Å². The zero-order chi connectivity index (χ0) is 14.5. The molecule has 2 aromatic rings. The van der Waals surface area contributed by atoms with Crippen LogP contribution in [0.3, 0.4) is 0 Å². The third kappa shape index (κ3) is 3.39. The first-order valence-corrected chi connectivity index (χ1v) is 7.30. The minimum absolute atomic E-state index is 0.0449. The second-order valence-corrected chi connectivity index (χ2v) is 5.42. The third-order valence-corrected chi connectivity index (χ3v) is 3.58. The van der Waals surface area contributed by atoms with Crippen molar-refractivity contribution in [2.45, 2.75) is 13.3 Å². The minimum atomic E-state index is 0.0449. The number of amides is 1. The number of likely N-dealkylation sites (N-methyl/N-ethyl adjacent to an activating group) is 1. The molecule has 3 nitrogen and oxygen atoms in total. The van der Waals surface area contributed by atoms with Gasteiger partial charge in [0.2, 0.25) is 5.91 Å². The number of carbonyl (C=O) groups excluding carboxylic acids is 1. The Hall–Kier alpha value is -1.81. The van der Waals surface area contributed by atoms with Crippen LogP contribution >= 0.6 is 15.9 Å². The summed E-state index contributed by atoms with van der Waals surface area (Å²) in [5.41, 5.74) is 8.33. The van der Waals surface area contributed by atoms with Crippen LogP contribution in [0.4, 0.5) is 11.4 Å². The molecule has 2 N–H and O–H groups in total. The standard InChI is InChI=1S/C16H17BrN2O/c1-2-19(15-9-4-3-8-14(15)18)16(20)11-12-6-5-7-13(17)10-12/h3-10H,2,11,18H2,1H3. The zero-order valence-electron chi connectivity index (χ0n) is 11.3. The maximum atomic E-state index is 12.5. The molecule has 0 atom stereocenters. The van der Waals surface area contributed by atoms with Gasteiger partial charge >= 0.3 is 0 Å². The Morgan fingerprint density at radius 3 is 2.60 bits per heavy atom. The van der Waals surface area contributed by atoms with E-state index in [9.17, 15) is 4.79 Å². The Balaban J connectivity index is 2.20. The smallest absolute Gasteiger partial charge is 0.231 e. The van der Waals surface area contributed by atoms with Crippen LogP contribution < -0.4 is 10.6 Å². The van der Waals surface area contributed by atoms with Crippen LogP contribution in [0.2, 0.25) is 0 Å². The van der Waals surface area contributed by atoms with E-state index in [-0.39, 0.29) is 5.91 Å². The Labute approximate surface area is 127 Å². The van der Waals surface area contributed by atoms with Gasteiger partial charge in [0.25, 0.3) is 0 Å². The fourth-order valence-electron chi connectivity index (χ4n) is 2.13. The predicted molar refractivity (Wildman–Crippen MR) is 86.7 cm³/mol. The number of nitrogens with zero attached hydrogens (tertiary/aromatic N) is 1. The number of halogens is 1. The second-order valence-electron chi connectivity index (χ2n) is 4.50. The van der Waals surface area contributed by atoms with Gasteiger partial charge in [0.1, 0.15) is 0 Å². The summed E-state index contributed by atoms with van der Waals surface area (Å²) in [6.07, 6.45) is 0.363. The lowest BCUT2D eigenvalue weighted by Crippen LogP contribution is -2.32. The van der Waals surface area contributed by atoms with E-state index in [1.807, 2.05) is 55.5 Å². The highest BCUT2D eigenvalue weighted by molar-refractivity contribution is 9.10. The average molecular weight is 333 g/mol. The van der Waals surface area contributed by atoms with E-state index in [0.29, 0.717) is 18.7 Å². The molecule has 0 radical (unpaired) electrons. The highest BCUT2D eigenvalue weighted by atomic mass is 79.9. The number of nitrogen functional groups attached to an aromatic ring is 1. The highest BCUT2D eigenvalue weighted by Crippen LogP contribution is 2.23. The van der Waals surface area contributed by atoms with Gasteiger partial charge in [-0.1, -0.05) is 40.2 Å². The largest absolute Gasteiger partial charge is 0.397 e. The lowest BCUT2D eigenvalue weighted by molar-refractivity contribution is -0.117. The molecular formula is C16H17BrN2O. The van der Waals surface area contributed by atoms with Gasteiger partial charge in [0.05, 0.1) is 17.8 Å². The van der Waals surface area contributed by atoms with Gasteiger partial charge in [-0.05, 0) is 36.8 Å². The lowest BCUT2D eigenvalue weighted by Gasteiger charge is -2.22. The molecule has 2 rings (SSSR count).